The second-order valence-electron chi connectivity index (χ2n) is 12.8. The number of aromatic nitrogens is 3. The third kappa shape index (κ3) is 5.07. The van der Waals surface area contributed by atoms with E-state index in [0.717, 1.165) is 66.5 Å². The van der Waals surface area contributed by atoms with Crippen molar-refractivity contribution in [3.63, 3.8) is 0 Å². The Morgan fingerprint density at radius 1 is 0.404 bits per heavy atom. The maximum atomic E-state index is 6.78. The maximum Gasteiger partial charge on any atom is 0.164 e. The molecule has 0 unspecified atom stereocenters. The molecule has 244 valence electrons. The van der Waals surface area contributed by atoms with Crippen LogP contribution in [0.1, 0.15) is 0 Å². The number of hydrogen-bond acceptors (Lipinski definition) is 5. The van der Waals surface area contributed by atoms with E-state index in [1.165, 1.54) is 10.8 Å². The SMILES string of the molecule is c1ccc(-c2nc(-c3ccccc3)nc(-c3cc4ccccc4c4oc5ccc(N(c6ccccc6)c6cccc7ccccc67)cc5c34)n2)cc1. The Kier molecular flexibility index (Phi) is 7.07. The largest absolute Gasteiger partial charge is 0.455 e. The standard InChI is InChI=1S/C47H30N4O/c1-4-16-32(17-5-1)45-48-46(33-18-6-2-7-19-33)50-47(49-45)40-29-34-20-11-13-25-38(34)44-43(40)39-30-36(27-28-42(39)52-44)51(35-22-8-3-9-23-35)41-26-14-21-31-15-10-12-24-37(31)41/h1-30H. The molecule has 0 aliphatic carbocycles. The van der Waals surface area contributed by atoms with Crippen LogP contribution in [-0.2, 0) is 0 Å². The molecule has 52 heavy (non-hydrogen) atoms. The maximum absolute atomic E-state index is 6.78. The Balaban J connectivity index is 1.27. The van der Waals surface area contributed by atoms with E-state index >= 15 is 0 Å². The lowest BCUT2D eigenvalue weighted by Crippen LogP contribution is -2.10. The second-order valence-corrected chi connectivity index (χ2v) is 12.8. The topological polar surface area (TPSA) is 55.1 Å². The fourth-order valence-electron chi connectivity index (χ4n) is 7.25. The Labute approximate surface area is 300 Å². The lowest BCUT2D eigenvalue weighted by atomic mass is 9.99. The van der Waals surface area contributed by atoms with E-state index in [-0.39, 0.29) is 0 Å². The number of para-hydroxylation sites is 1. The fourth-order valence-corrected chi connectivity index (χ4v) is 7.25. The molecule has 0 saturated heterocycles. The molecule has 5 heteroatoms. The van der Waals surface area contributed by atoms with Crippen molar-refractivity contribution in [1.82, 2.24) is 15.0 Å². The fraction of sp³-hybridized carbons (Fsp3) is 0. The van der Waals surface area contributed by atoms with Gasteiger partial charge in [-0.2, -0.15) is 0 Å². The normalized spacial score (nSPS) is 11.5. The van der Waals surface area contributed by atoms with Crippen molar-refractivity contribution in [2.45, 2.75) is 0 Å². The number of furan rings is 1. The molecule has 0 bridgehead atoms. The molecule has 0 atom stereocenters. The van der Waals surface area contributed by atoms with Gasteiger partial charge in [-0.1, -0.05) is 140 Å². The van der Waals surface area contributed by atoms with E-state index in [4.69, 9.17) is 19.4 Å². The molecule has 0 fully saturated rings. The number of hydrogen-bond donors (Lipinski definition) is 0. The summed E-state index contributed by atoms with van der Waals surface area (Å²) in [5.74, 6) is 1.82. The van der Waals surface area contributed by atoms with Crippen LogP contribution in [0.5, 0.6) is 0 Å². The van der Waals surface area contributed by atoms with Crippen molar-refractivity contribution in [2.75, 3.05) is 4.90 Å². The van der Waals surface area contributed by atoms with E-state index in [1.807, 2.05) is 60.7 Å². The van der Waals surface area contributed by atoms with Gasteiger partial charge in [-0.25, -0.2) is 15.0 Å². The summed E-state index contributed by atoms with van der Waals surface area (Å²) >= 11 is 0. The van der Waals surface area contributed by atoms with Crippen molar-refractivity contribution in [1.29, 1.82) is 0 Å². The first-order valence-corrected chi connectivity index (χ1v) is 17.4. The summed E-state index contributed by atoms with van der Waals surface area (Å²) in [5, 5.41) is 6.39. The van der Waals surface area contributed by atoms with E-state index in [2.05, 4.69) is 126 Å². The number of fused-ring (bicyclic) bond motifs is 6. The van der Waals surface area contributed by atoms with E-state index < -0.39 is 0 Å². The van der Waals surface area contributed by atoms with Crippen LogP contribution in [0.25, 0.3) is 77.6 Å². The molecular formula is C47H30N4O. The molecule has 8 aromatic carbocycles. The minimum Gasteiger partial charge on any atom is -0.455 e. The minimum absolute atomic E-state index is 0.588. The van der Waals surface area contributed by atoms with Gasteiger partial charge in [0.2, 0.25) is 0 Å². The van der Waals surface area contributed by atoms with E-state index in [9.17, 15) is 0 Å². The zero-order valence-corrected chi connectivity index (χ0v) is 28.0. The summed E-state index contributed by atoms with van der Waals surface area (Å²) in [7, 11) is 0. The lowest BCUT2D eigenvalue weighted by Gasteiger charge is -2.27. The molecule has 0 aliphatic rings. The molecule has 0 aliphatic heterocycles. The lowest BCUT2D eigenvalue weighted by molar-refractivity contribution is 0.672. The molecule has 0 N–H and O–H groups in total. The Bertz CT molecular complexity index is 2840. The zero-order valence-electron chi connectivity index (χ0n) is 28.0. The summed E-state index contributed by atoms with van der Waals surface area (Å²) in [6.07, 6.45) is 0. The number of anilines is 3. The highest BCUT2D eigenvalue weighted by Crippen LogP contribution is 2.45. The number of rotatable bonds is 6. The Hall–Kier alpha value is -7.11. The van der Waals surface area contributed by atoms with Crippen molar-refractivity contribution in [3.05, 3.63) is 182 Å². The van der Waals surface area contributed by atoms with Crippen LogP contribution in [0.3, 0.4) is 0 Å². The van der Waals surface area contributed by atoms with Gasteiger partial charge in [0.1, 0.15) is 11.2 Å². The van der Waals surface area contributed by atoms with Gasteiger partial charge in [-0.3, -0.25) is 0 Å². The van der Waals surface area contributed by atoms with Crippen LogP contribution in [0.4, 0.5) is 17.1 Å². The summed E-state index contributed by atoms with van der Waals surface area (Å²) in [6, 6.07) is 62.7. The molecule has 2 heterocycles. The van der Waals surface area contributed by atoms with Crippen LogP contribution in [0, 0.1) is 0 Å². The van der Waals surface area contributed by atoms with Crippen LogP contribution in [0.2, 0.25) is 0 Å². The highest BCUT2D eigenvalue weighted by molar-refractivity contribution is 6.21. The second kappa shape index (κ2) is 12.3. The quantitative estimate of drug-likeness (QED) is 0.177. The molecule has 5 nitrogen and oxygen atoms in total. The molecule has 0 radical (unpaired) electrons. The molecule has 10 aromatic rings. The molecule has 0 amide bonds. The molecular weight excluding hydrogens is 637 g/mol. The van der Waals surface area contributed by atoms with Crippen molar-refractivity contribution >= 4 is 60.5 Å². The van der Waals surface area contributed by atoms with Gasteiger partial charge in [-0.15, -0.1) is 0 Å². The minimum atomic E-state index is 0.588. The van der Waals surface area contributed by atoms with Gasteiger partial charge in [0.15, 0.2) is 17.5 Å². The van der Waals surface area contributed by atoms with E-state index in [0.29, 0.717) is 17.5 Å². The van der Waals surface area contributed by atoms with Crippen LogP contribution < -0.4 is 4.90 Å². The van der Waals surface area contributed by atoms with Crippen LogP contribution in [0.15, 0.2) is 186 Å². The van der Waals surface area contributed by atoms with Crippen LogP contribution >= 0.6 is 0 Å². The Morgan fingerprint density at radius 3 is 1.69 bits per heavy atom. The molecule has 10 rings (SSSR count). The Morgan fingerprint density at radius 2 is 0.981 bits per heavy atom. The summed E-state index contributed by atoms with van der Waals surface area (Å²) in [4.78, 5) is 17.6. The average Bonchev–Trinajstić information content (AvgIpc) is 3.61. The first-order chi connectivity index (χ1) is 25.8. The van der Waals surface area contributed by atoms with Crippen LogP contribution in [-0.4, -0.2) is 15.0 Å². The first-order valence-electron chi connectivity index (χ1n) is 17.4. The van der Waals surface area contributed by atoms with E-state index in [1.54, 1.807) is 0 Å². The average molecular weight is 667 g/mol. The summed E-state index contributed by atoms with van der Waals surface area (Å²) < 4.78 is 6.78. The zero-order chi connectivity index (χ0) is 34.4. The predicted octanol–water partition coefficient (Wildman–Crippen LogP) is 12.5. The summed E-state index contributed by atoms with van der Waals surface area (Å²) in [6.45, 7) is 0. The third-order valence-electron chi connectivity index (χ3n) is 9.67. The number of benzene rings is 8. The van der Waals surface area contributed by atoms with Crippen molar-refractivity contribution < 1.29 is 4.42 Å². The van der Waals surface area contributed by atoms with Gasteiger partial charge in [0.25, 0.3) is 0 Å². The summed E-state index contributed by atoms with van der Waals surface area (Å²) in [5.41, 5.74) is 7.51. The van der Waals surface area contributed by atoms with Gasteiger partial charge in [0, 0.05) is 49.6 Å². The molecule has 0 saturated carbocycles. The number of nitrogens with zero attached hydrogens (tertiary/aromatic N) is 4. The smallest absolute Gasteiger partial charge is 0.164 e. The molecule has 2 aromatic heterocycles. The van der Waals surface area contributed by atoms with Gasteiger partial charge >= 0.3 is 0 Å². The van der Waals surface area contributed by atoms with Gasteiger partial charge in [-0.05, 0) is 53.2 Å². The highest BCUT2D eigenvalue weighted by Gasteiger charge is 2.22. The predicted molar refractivity (Wildman–Crippen MR) is 213 cm³/mol. The van der Waals surface area contributed by atoms with Crippen molar-refractivity contribution in [3.8, 4) is 34.2 Å². The molecule has 0 spiro atoms. The monoisotopic (exact) mass is 666 g/mol. The highest BCUT2D eigenvalue weighted by atomic mass is 16.3. The van der Waals surface area contributed by atoms with Gasteiger partial charge < -0.3 is 9.32 Å². The van der Waals surface area contributed by atoms with Gasteiger partial charge in [0.05, 0.1) is 5.69 Å². The van der Waals surface area contributed by atoms with Crippen molar-refractivity contribution in [2.24, 2.45) is 0 Å². The third-order valence-corrected chi connectivity index (χ3v) is 9.67. The first kappa shape index (κ1) is 29.8.